The maximum Gasteiger partial charge on any atom is 0.347 e. The molecule has 0 radical (unpaired) electrons. The van der Waals surface area contributed by atoms with Gasteiger partial charge in [0.25, 0.3) is 0 Å². The zero-order valence-corrected chi connectivity index (χ0v) is 81.5. The lowest BCUT2D eigenvalue weighted by Gasteiger charge is -2.28. The van der Waals surface area contributed by atoms with Crippen LogP contribution in [0.1, 0.15) is 149 Å². The number of carbonyl (C=O) groups is 5. The van der Waals surface area contributed by atoms with Crippen LogP contribution in [0, 0.1) is 19.7 Å². The average Bonchev–Trinajstić information content (AvgIpc) is 1.63. The molecule has 11 heterocycles. The first-order valence-corrected chi connectivity index (χ1v) is 49.0. The van der Waals surface area contributed by atoms with E-state index in [1.807, 2.05) is 119 Å². The Kier molecular flexibility index (Phi) is 33.9. The maximum atomic E-state index is 12.2. The summed E-state index contributed by atoms with van der Waals surface area (Å²) in [5.74, 6) is -4.52. The molecule has 0 aliphatic carbocycles. The monoisotopic (exact) mass is 1980 g/mol. The van der Waals surface area contributed by atoms with E-state index in [2.05, 4.69) is 97.1 Å². The van der Waals surface area contributed by atoms with Crippen molar-refractivity contribution in [2.75, 3.05) is 177 Å². The molecule has 5 aliphatic heterocycles. The molecule has 0 spiro atoms. The first-order valence-electron chi connectivity index (χ1n) is 43.4. The molecule has 3 atom stereocenters. The van der Waals surface area contributed by atoms with Crippen molar-refractivity contribution < 1.29 is 68.1 Å². The zero-order valence-electron chi connectivity index (χ0n) is 74.4. The van der Waals surface area contributed by atoms with Crippen LogP contribution in [0.25, 0.3) is 47.0 Å². The summed E-state index contributed by atoms with van der Waals surface area (Å²) >= 11 is 30.7. The minimum absolute atomic E-state index is 0.0906. The number of hydrogen-bond donors (Lipinski definition) is 4. The van der Waals surface area contributed by atoms with Gasteiger partial charge in [0.15, 0.2) is 16.0 Å². The van der Waals surface area contributed by atoms with E-state index in [-0.39, 0.29) is 43.0 Å². The van der Waals surface area contributed by atoms with E-state index in [0.717, 1.165) is 108 Å². The molecule has 26 nitrogen and oxygen atoms in total. The number of aryl methyl sites for hydroxylation is 1. The fourth-order valence-electron chi connectivity index (χ4n) is 16.6. The highest BCUT2D eigenvalue weighted by atomic mass is 35.5. The summed E-state index contributed by atoms with van der Waals surface area (Å²) in [6, 6.07) is 49.8. The molecule has 0 amide bonds. The second-order valence-electron chi connectivity index (χ2n) is 32.5. The van der Waals surface area contributed by atoms with E-state index in [9.17, 15) is 44.4 Å². The van der Waals surface area contributed by atoms with Gasteiger partial charge in [0, 0.05) is 115 Å². The van der Waals surface area contributed by atoms with Gasteiger partial charge in [0.05, 0.1) is 137 Å². The van der Waals surface area contributed by atoms with Crippen molar-refractivity contribution >= 4 is 208 Å². The number of Topliss-reactive ketones (excluding diaryl/α,β-unsaturated/α-hetero) is 1. The Labute approximate surface area is 816 Å². The van der Waals surface area contributed by atoms with Gasteiger partial charge in [0.1, 0.15) is 19.5 Å². The highest BCUT2D eigenvalue weighted by molar-refractivity contribution is 7.20. The number of fused-ring (bicyclic) bond motifs is 3. The highest BCUT2D eigenvalue weighted by Crippen LogP contribution is 2.52. The minimum atomic E-state index is -1.02. The van der Waals surface area contributed by atoms with Gasteiger partial charge in [-0.25, -0.2) is 43.7 Å². The van der Waals surface area contributed by atoms with E-state index < -0.39 is 23.9 Å². The van der Waals surface area contributed by atoms with Crippen molar-refractivity contribution in [3.05, 3.63) is 286 Å². The van der Waals surface area contributed by atoms with Crippen molar-refractivity contribution in [1.29, 1.82) is 0 Å². The summed E-state index contributed by atoms with van der Waals surface area (Å²) in [6.07, 6.45) is 1.75. The number of ketones is 1. The standard InChI is InChI=1S/C22H20N2O3S.C21H23Cl2N3O3S.C20H19N3O3S.C20H20N2O2S.C16H16Cl2N2O3S/c1-14(16-8-7-15-5-3-4-6-17(15)13-16)18-19(23-2)21(28-20(18)22(25)26)24-9-11-27-12-10-24;1-24-18-17(19(21(27)28)30-20(18)26-8-10-29-11-9-26)14(6-7-25(2)3)13-4-5-15(22)16(23)12-13;1-21-17-15(12-14-11-13-5-3-4-6-16(13)22(14)2)18(20(24)25)27-19(17)23-7-9-26-10-8-23;1-14(23)19-18(21-20(25-19)22-8-10-24-11-9-22)13-15-6-7-16-4-2-3-5-17(16)12-15;1-9(10-2-3-11(17)12(18)8-10)13-14(15(21)22)24-16(19-13)20-4-6-23-7-5-20/h3-8,13-14H,9-12H2,1H3,(H,25,26);4-5,12,14H,6-11H2,2-3H3,(H,27,28);3-6,11H,7-10,12H2,2H3,(H,24,25);2-7,12H,8-11,13H2,1H3;2-3,8-9H,4-7H2,1H3,(H,21,22). The van der Waals surface area contributed by atoms with Crippen LogP contribution in [0.15, 0.2) is 152 Å². The summed E-state index contributed by atoms with van der Waals surface area (Å²) < 4.78 is 29.0. The van der Waals surface area contributed by atoms with Crippen LogP contribution in [-0.4, -0.2) is 222 Å². The van der Waals surface area contributed by atoms with Gasteiger partial charge < -0.3 is 78.1 Å². The van der Waals surface area contributed by atoms with Crippen molar-refractivity contribution in [3.63, 3.8) is 0 Å². The fourth-order valence-corrected chi connectivity index (χ4v) is 22.9. The average molecular weight is 1980 g/mol. The van der Waals surface area contributed by atoms with Gasteiger partial charge in [0.2, 0.25) is 17.1 Å². The number of anilines is 5. The predicted octanol–water partition coefficient (Wildman–Crippen LogP) is 22.3. The first kappa shape index (κ1) is 98.9. The summed E-state index contributed by atoms with van der Waals surface area (Å²) in [5.41, 5.74) is 10.6. The number of thiazole rings is 2. The van der Waals surface area contributed by atoms with E-state index in [0.29, 0.717) is 189 Å². The quantitative estimate of drug-likeness (QED) is 0.0342. The van der Waals surface area contributed by atoms with Crippen molar-refractivity contribution in [3.8, 4) is 0 Å². The molecule has 3 unspecified atom stereocenters. The largest absolute Gasteiger partial charge is 0.477 e. The SMILES string of the molecule is CC(=O)c1sc(N2CCOCC2)nc1Cc1ccc2ccccc2c1.CC(c1ccc(Cl)c(Cl)c1)c1nc(N2CCOCC2)sc1C(=O)O.[C-]#[N+]c1c(N2CCOCC2)sc(C(=O)O)c1C(C)c1ccc2ccccc2c1.[C-]#[N+]c1c(N2CCOCC2)sc(C(=O)O)c1C(CCN(C)C)c1ccc(Cl)c(Cl)c1.[C-]#[N+]c1c(N2CCOCC2)sc(C(=O)O)c1Cc1cc2ccccc2n1C. The lowest BCUT2D eigenvalue weighted by molar-refractivity contribution is 0.0689. The summed E-state index contributed by atoms with van der Waals surface area (Å²) in [4.78, 5) is 94.8. The molecule has 35 heteroatoms. The third-order valence-electron chi connectivity index (χ3n) is 23.7. The number of aromatic carboxylic acids is 4. The molecular formula is C99H98Cl4N12O14S5. The van der Waals surface area contributed by atoms with Crippen LogP contribution in [0.5, 0.6) is 0 Å². The molecule has 5 aliphatic rings. The number of benzene rings is 7. The van der Waals surface area contributed by atoms with Crippen molar-refractivity contribution in [2.45, 2.75) is 57.8 Å². The molecule has 13 aromatic rings. The second kappa shape index (κ2) is 46.0. The Morgan fingerprint density at radius 1 is 0.433 bits per heavy atom. The topological polar surface area (TPSA) is 276 Å². The molecule has 134 heavy (non-hydrogen) atoms. The Balaban J connectivity index is 0.000000135. The molecular weight excluding hydrogens is 1880 g/mol. The van der Waals surface area contributed by atoms with Crippen LogP contribution in [0.4, 0.5) is 42.3 Å². The molecule has 18 rings (SSSR count). The molecule has 6 aromatic heterocycles. The van der Waals surface area contributed by atoms with E-state index >= 15 is 0 Å². The van der Waals surface area contributed by atoms with Gasteiger partial charge in [-0.2, -0.15) is 0 Å². The normalized spacial score (nSPS) is 15.2. The second-order valence-corrected chi connectivity index (χ2v) is 39.1. The van der Waals surface area contributed by atoms with Gasteiger partial charge in [-0.15, -0.1) is 34.0 Å². The summed E-state index contributed by atoms with van der Waals surface area (Å²) in [6.45, 7) is 42.8. The van der Waals surface area contributed by atoms with Gasteiger partial charge in [-0.3, -0.25) is 4.79 Å². The number of rotatable bonds is 23. The van der Waals surface area contributed by atoms with E-state index in [1.54, 1.807) is 31.2 Å². The number of nitrogens with zero attached hydrogens (tertiary/aromatic N) is 12. The molecule has 5 saturated heterocycles. The number of morpholine rings is 5. The molecule has 7 aromatic carbocycles. The number of thiophene rings is 3. The maximum absolute atomic E-state index is 12.2. The van der Waals surface area contributed by atoms with Crippen LogP contribution in [0.3, 0.4) is 0 Å². The Hall–Kier alpha value is -11.1. The summed E-state index contributed by atoms with van der Waals surface area (Å²) in [5, 5.41) is 50.5. The van der Waals surface area contributed by atoms with Crippen LogP contribution < -0.4 is 24.5 Å². The number of hydrogen-bond acceptors (Lipinski definition) is 23. The van der Waals surface area contributed by atoms with Gasteiger partial charge >= 0.3 is 23.9 Å². The van der Waals surface area contributed by atoms with Crippen LogP contribution >= 0.6 is 103 Å². The third-order valence-corrected chi connectivity index (χ3v) is 31.3. The zero-order chi connectivity index (χ0) is 95.0. The lowest BCUT2D eigenvalue weighted by atomic mass is 9.87. The Bertz CT molecular complexity index is 6580. The molecule has 5 fully saturated rings. The van der Waals surface area contributed by atoms with Gasteiger partial charge in [-0.1, -0.05) is 198 Å². The van der Waals surface area contributed by atoms with Crippen molar-refractivity contribution in [2.24, 2.45) is 7.05 Å². The third kappa shape index (κ3) is 23.3. The predicted molar refractivity (Wildman–Crippen MR) is 538 cm³/mol. The Morgan fingerprint density at radius 2 is 0.843 bits per heavy atom. The number of carbonyl (C=O) groups excluding carboxylic acids is 1. The fraction of sp³-hybridized carbons (Fsp3) is 0.333. The summed E-state index contributed by atoms with van der Waals surface area (Å²) in [7, 11) is 5.91. The van der Waals surface area contributed by atoms with Crippen LogP contribution in [-0.2, 0) is 43.6 Å². The lowest BCUT2D eigenvalue weighted by Crippen LogP contribution is -2.36. The number of ether oxygens (including phenoxy) is 5. The molecule has 0 saturated carbocycles. The molecule has 4 N–H and O–H groups in total. The van der Waals surface area contributed by atoms with E-state index in [4.69, 9.17) is 94.8 Å². The number of para-hydroxylation sites is 1. The Morgan fingerprint density at radius 3 is 1.33 bits per heavy atom. The van der Waals surface area contributed by atoms with Crippen molar-refractivity contribution in [1.82, 2.24) is 19.4 Å². The smallest absolute Gasteiger partial charge is 0.347 e. The van der Waals surface area contributed by atoms with E-state index in [1.165, 1.54) is 73.0 Å². The molecule has 0 bridgehead atoms. The first-order chi connectivity index (χ1) is 64.7. The number of carboxylic acid groups (broad SMARTS) is 4. The highest BCUT2D eigenvalue weighted by Gasteiger charge is 2.36. The van der Waals surface area contributed by atoms with Crippen LogP contribution in [0.2, 0.25) is 20.1 Å². The number of halogens is 4. The van der Waals surface area contributed by atoms with Gasteiger partial charge in [-0.05, 0) is 135 Å². The minimum Gasteiger partial charge on any atom is -0.477 e. The number of aromatic nitrogens is 3. The number of carboxylic acids is 4. The molecule has 696 valence electrons.